The van der Waals surface area contributed by atoms with Crippen LogP contribution >= 0.6 is 11.6 Å². The van der Waals surface area contributed by atoms with Gasteiger partial charge in [-0.05, 0) is 48.2 Å². The van der Waals surface area contributed by atoms with Crippen LogP contribution in [-0.2, 0) is 5.41 Å². The number of aromatic hydroxyl groups is 1. The summed E-state index contributed by atoms with van der Waals surface area (Å²) < 4.78 is 0. The smallest absolute Gasteiger partial charge is 0.115 e. The first-order valence-corrected chi connectivity index (χ1v) is 7.64. The van der Waals surface area contributed by atoms with E-state index in [1.807, 2.05) is 12.1 Å². The van der Waals surface area contributed by atoms with Crippen LogP contribution in [0, 0.1) is 0 Å². The number of phenols is 1. The van der Waals surface area contributed by atoms with Crippen molar-refractivity contribution >= 4 is 11.6 Å². The van der Waals surface area contributed by atoms with Gasteiger partial charge in [0.15, 0.2) is 0 Å². The van der Waals surface area contributed by atoms with Gasteiger partial charge in [-0.25, -0.2) is 0 Å². The highest BCUT2D eigenvalue weighted by Crippen LogP contribution is 2.45. The Labute approximate surface area is 125 Å². The molecule has 2 heteroatoms. The Bertz CT molecular complexity index is 583. The molecule has 104 valence electrons. The van der Waals surface area contributed by atoms with E-state index in [2.05, 4.69) is 24.3 Å². The predicted octanol–water partition coefficient (Wildman–Crippen LogP) is 5.30. The first kappa shape index (κ1) is 13.5. The van der Waals surface area contributed by atoms with Crippen LogP contribution in [0.5, 0.6) is 5.75 Å². The maximum Gasteiger partial charge on any atom is 0.115 e. The van der Waals surface area contributed by atoms with Crippen LogP contribution in [0.25, 0.3) is 0 Å². The van der Waals surface area contributed by atoms with E-state index in [-0.39, 0.29) is 5.41 Å². The molecule has 0 bridgehead atoms. The van der Waals surface area contributed by atoms with E-state index < -0.39 is 0 Å². The number of halogens is 1. The molecule has 1 aliphatic carbocycles. The van der Waals surface area contributed by atoms with Crippen molar-refractivity contribution in [3.05, 3.63) is 64.7 Å². The van der Waals surface area contributed by atoms with Gasteiger partial charge in [0.05, 0.1) is 0 Å². The first-order chi connectivity index (χ1) is 9.71. The lowest BCUT2D eigenvalue weighted by Crippen LogP contribution is -2.30. The minimum absolute atomic E-state index is 0.0524. The molecular weight excluding hydrogens is 268 g/mol. The van der Waals surface area contributed by atoms with Crippen molar-refractivity contribution in [2.75, 3.05) is 0 Å². The molecule has 0 saturated heterocycles. The number of hydrogen-bond acceptors (Lipinski definition) is 1. The van der Waals surface area contributed by atoms with Gasteiger partial charge in [0.25, 0.3) is 0 Å². The number of benzene rings is 2. The molecule has 2 aromatic rings. The van der Waals surface area contributed by atoms with Gasteiger partial charge in [-0.15, -0.1) is 0 Å². The van der Waals surface area contributed by atoms with E-state index in [0.29, 0.717) is 5.75 Å². The lowest BCUT2D eigenvalue weighted by Gasteiger charge is -2.38. The predicted molar refractivity (Wildman–Crippen MR) is 83.4 cm³/mol. The molecule has 1 saturated carbocycles. The Morgan fingerprint density at radius 1 is 0.850 bits per heavy atom. The van der Waals surface area contributed by atoms with Crippen LogP contribution in [0.2, 0.25) is 5.02 Å². The molecule has 0 atom stereocenters. The van der Waals surface area contributed by atoms with Gasteiger partial charge >= 0.3 is 0 Å². The van der Waals surface area contributed by atoms with Crippen LogP contribution in [0.3, 0.4) is 0 Å². The largest absolute Gasteiger partial charge is 0.508 e. The summed E-state index contributed by atoms with van der Waals surface area (Å²) in [5.41, 5.74) is 2.64. The van der Waals surface area contributed by atoms with Crippen LogP contribution in [0.1, 0.15) is 43.2 Å². The van der Waals surface area contributed by atoms with E-state index in [0.717, 1.165) is 17.9 Å². The molecule has 2 aromatic carbocycles. The molecule has 1 fully saturated rings. The molecule has 0 amide bonds. The number of phenolic OH excluding ortho intramolecular Hbond substituents is 1. The summed E-state index contributed by atoms with van der Waals surface area (Å²) in [5, 5.41) is 10.3. The average Bonchev–Trinajstić information content (AvgIpc) is 2.49. The highest BCUT2D eigenvalue weighted by atomic mass is 35.5. The summed E-state index contributed by atoms with van der Waals surface area (Å²) >= 11 is 6.20. The third-order valence-corrected chi connectivity index (χ3v) is 4.74. The second kappa shape index (κ2) is 5.49. The summed E-state index contributed by atoms with van der Waals surface area (Å²) in [4.78, 5) is 0. The van der Waals surface area contributed by atoms with Gasteiger partial charge < -0.3 is 5.11 Å². The molecule has 20 heavy (non-hydrogen) atoms. The molecule has 0 radical (unpaired) electrons. The maximum absolute atomic E-state index is 9.53. The zero-order valence-electron chi connectivity index (χ0n) is 11.5. The topological polar surface area (TPSA) is 20.2 Å². The minimum atomic E-state index is 0.0524. The van der Waals surface area contributed by atoms with Gasteiger partial charge in [0.2, 0.25) is 0 Å². The van der Waals surface area contributed by atoms with Crippen molar-refractivity contribution in [3.63, 3.8) is 0 Å². The fraction of sp³-hybridized carbons (Fsp3) is 0.333. The van der Waals surface area contributed by atoms with E-state index in [9.17, 15) is 5.11 Å². The van der Waals surface area contributed by atoms with Gasteiger partial charge in [0.1, 0.15) is 5.75 Å². The molecule has 1 aliphatic rings. The highest BCUT2D eigenvalue weighted by molar-refractivity contribution is 6.30. The van der Waals surface area contributed by atoms with Crippen molar-refractivity contribution in [3.8, 4) is 5.75 Å². The van der Waals surface area contributed by atoms with Crippen LogP contribution in [-0.4, -0.2) is 5.11 Å². The molecule has 0 aliphatic heterocycles. The number of hydrogen-bond donors (Lipinski definition) is 1. The maximum atomic E-state index is 9.53. The van der Waals surface area contributed by atoms with E-state index >= 15 is 0 Å². The molecule has 1 nitrogen and oxygen atoms in total. The summed E-state index contributed by atoms with van der Waals surface area (Å²) in [6, 6.07) is 15.9. The molecule has 1 N–H and O–H groups in total. The lowest BCUT2D eigenvalue weighted by molar-refractivity contribution is 0.345. The minimum Gasteiger partial charge on any atom is -0.508 e. The van der Waals surface area contributed by atoms with Gasteiger partial charge in [-0.2, -0.15) is 0 Å². The van der Waals surface area contributed by atoms with E-state index in [1.54, 1.807) is 12.1 Å². The van der Waals surface area contributed by atoms with E-state index in [4.69, 9.17) is 11.6 Å². The third kappa shape index (κ3) is 2.43. The lowest BCUT2D eigenvalue weighted by atomic mass is 9.65. The summed E-state index contributed by atoms with van der Waals surface area (Å²) in [6.07, 6.45) is 6.09. The fourth-order valence-electron chi connectivity index (χ4n) is 3.47. The Balaban J connectivity index is 2.11. The number of rotatable bonds is 2. The first-order valence-electron chi connectivity index (χ1n) is 7.26. The monoisotopic (exact) mass is 286 g/mol. The second-order valence-corrected chi connectivity index (χ2v) is 6.14. The van der Waals surface area contributed by atoms with Crippen molar-refractivity contribution in [1.82, 2.24) is 0 Å². The van der Waals surface area contributed by atoms with Crippen molar-refractivity contribution in [2.45, 2.75) is 37.5 Å². The van der Waals surface area contributed by atoms with Gasteiger partial charge in [-0.1, -0.05) is 55.1 Å². The molecular formula is C18H19ClO. The summed E-state index contributed by atoms with van der Waals surface area (Å²) in [5.74, 6) is 0.325. The second-order valence-electron chi connectivity index (χ2n) is 5.70. The van der Waals surface area contributed by atoms with Crippen molar-refractivity contribution in [1.29, 1.82) is 0 Å². The molecule has 0 aromatic heterocycles. The van der Waals surface area contributed by atoms with Crippen molar-refractivity contribution < 1.29 is 5.11 Å². The highest BCUT2D eigenvalue weighted by Gasteiger charge is 2.35. The summed E-state index contributed by atoms with van der Waals surface area (Å²) in [6.45, 7) is 0. The SMILES string of the molecule is Oc1ccc(C2(c3cccc(Cl)c3)CCCCC2)cc1. The van der Waals surface area contributed by atoms with E-state index in [1.165, 1.54) is 30.4 Å². The zero-order valence-corrected chi connectivity index (χ0v) is 12.2. The zero-order chi connectivity index (χ0) is 14.0. The van der Waals surface area contributed by atoms with Gasteiger partial charge in [-0.3, -0.25) is 0 Å². The Morgan fingerprint density at radius 3 is 2.20 bits per heavy atom. The van der Waals surface area contributed by atoms with Crippen LogP contribution < -0.4 is 0 Å². The molecule has 0 spiro atoms. The molecule has 0 unspecified atom stereocenters. The molecule has 0 heterocycles. The molecule has 3 rings (SSSR count). The Morgan fingerprint density at radius 2 is 1.55 bits per heavy atom. The van der Waals surface area contributed by atoms with Crippen LogP contribution in [0.4, 0.5) is 0 Å². The van der Waals surface area contributed by atoms with Crippen molar-refractivity contribution in [2.24, 2.45) is 0 Å². The Hall–Kier alpha value is -1.47. The van der Waals surface area contributed by atoms with Gasteiger partial charge in [0, 0.05) is 10.4 Å². The normalized spacial score (nSPS) is 17.9. The average molecular weight is 287 g/mol. The third-order valence-electron chi connectivity index (χ3n) is 4.50. The quantitative estimate of drug-likeness (QED) is 0.794. The fourth-order valence-corrected chi connectivity index (χ4v) is 3.66. The summed E-state index contributed by atoms with van der Waals surface area (Å²) in [7, 11) is 0. The Kier molecular flexibility index (Phi) is 3.71. The van der Waals surface area contributed by atoms with Crippen LogP contribution in [0.15, 0.2) is 48.5 Å². The standard InChI is InChI=1S/C18H19ClO/c19-16-6-4-5-15(13-16)18(11-2-1-3-12-18)14-7-9-17(20)10-8-14/h4-10,13,20H,1-3,11-12H2.